The quantitative estimate of drug-likeness (QED) is 0.228. The molecular weight excluding hydrogens is 547 g/mol. The zero-order valence-corrected chi connectivity index (χ0v) is 18.8. The largest absolute Gasteiger partial charge is 0.291 e. The molecule has 2 aromatic heterocycles. The molecule has 0 aliphatic rings. The van der Waals surface area contributed by atoms with Gasteiger partial charge in [0.05, 0.1) is 23.4 Å². The third-order valence-electron chi connectivity index (χ3n) is 4.03. The van der Waals surface area contributed by atoms with Crippen molar-refractivity contribution in [2.75, 3.05) is 6.54 Å². The molecular formula is C20H22N4O2ReS. The Morgan fingerprint density at radius 1 is 0.857 bits per heavy atom. The van der Waals surface area contributed by atoms with Crippen molar-refractivity contribution in [2.45, 2.75) is 24.4 Å². The van der Waals surface area contributed by atoms with Crippen LogP contribution in [-0.4, -0.2) is 21.4 Å². The summed E-state index contributed by atoms with van der Waals surface area (Å²) in [5.74, 6) is 4.86. The Morgan fingerprint density at radius 3 is 1.96 bits per heavy atom. The van der Waals surface area contributed by atoms with Crippen molar-refractivity contribution in [3.8, 4) is 0 Å². The molecule has 0 saturated carbocycles. The van der Waals surface area contributed by atoms with Gasteiger partial charge in [-0.1, -0.05) is 24.3 Å². The molecule has 8 heteroatoms. The zero-order chi connectivity index (χ0) is 18.7. The Kier molecular flexibility index (Phi) is 10.3. The smallest absolute Gasteiger partial charge is 0.0702 e. The van der Waals surface area contributed by atoms with Gasteiger partial charge in [0.2, 0.25) is 0 Å². The van der Waals surface area contributed by atoms with Gasteiger partial charge < -0.3 is 0 Å². The summed E-state index contributed by atoms with van der Waals surface area (Å²) in [6.07, 6.45) is 4.59. The van der Waals surface area contributed by atoms with Crippen molar-refractivity contribution in [2.24, 2.45) is 5.90 Å². The van der Waals surface area contributed by atoms with Crippen LogP contribution in [0.1, 0.15) is 17.0 Å². The van der Waals surface area contributed by atoms with Gasteiger partial charge in [0.25, 0.3) is 0 Å². The number of aromatic nitrogens is 2. The monoisotopic (exact) mass is 569 g/mol. The van der Waals surface area contributed by atoms with Crippen LogP contribution in [0.3, 0.4) is 0 Å². The molecule has 0 aliphatic carbocycles. The second kappa shape index (κ2) is 12.8. The molecule has 0 amide bonds. The molecule has 1 radical (unpaired) electrons. The van der Waals surface area contributed by atoms with Crippen molar-refractivity contribution in [3.63, 3.8) is 0 Å². The molecule has 3 rings (SSSR count). The van der Waals surface area contributed by atoms with E-state index in [2.05, 4.69) is 48.5 Å². The van der Waals surface area contributed by atoms with E-state index in [9.17, 15) is 0 Å². The van der Waals surface area contributed by atoms with E-state index in [1.54, 1.807) is 0 Å². The van der Waals surface area contributed by atoms with Gasteiger partial charge in [-0.25, -0.2) is 0 Å². The Labute approximate surface area is 183 Å². The maximum atomic E-state index is 4.86. The van der Waals surface area contributed by atoms with E-state index in [1.807, 2.05) is 48.8 Å². The third kappa shape index (κ3) is 7.78. The number of benzene rings is 1. The summed E-state index contributed by atoms with van der Waals surface area (Å²) < 4.78 is 4.66. The number of nitrogens with zero attached hydrogens (tertiary/aromatic N) is 3. The molecule has 6 nitrogen and oxygen atoms in total. The average molecular weight is 569 g/mol. The van der Waals surface area contributed by atoms with E-state index in [1.165, 1.54) is 5.56 Å². The van der Waals surface area contributed by atoms with Crippen molar-refractivity contribution in [1.82, 2.24) is 14.9 Å². The maximum absolute atomic E-state index is 4.86. The van der Waals surface area contributed by atoms with Crippen LogP contribution in [0.5, 0.6) is 0 Å². The SMILES string of the molecule is NOOSc1ccc(CCN(Cc2ccccn2)Cc2ccccn2)cc1.[Re]. The van der Waals surface area contributed by atoms with E-state index in [4.69, 9.17) is 5.90 Å². The first-order chi connectivity index (χ1) is 13.3. The Bertz CT molecular complexity index is 753. The molecule has 3 aromatic rings. The molecule has 0 unspecified atom stereocenters. The van der Waals surface area contributed by atoms with Crippen molar-refractivity contribution < 1.29 is 29.7 Å². The van der Waals surface area contributed by atoms with E-state index in [0.717, 1.165) is 54.4 Å². The summed E-state index contributed by atoms with van der Waals surface area (Å²) in [6.45, 7) is 2.47. The first-order valence-corrected chi connectivity index (χ1v) is 9.39. The first-order valence-electron chi connectivity index (χ1n) is 8.64. The van der Waals surface area contributed by atoms with Gasteiger partial charge in [-0.15, -0.1) is 9.32 Å². The second-order valence-corrected chi connectivity index (χ2v) is 6.77. The van der Waals surface area contributed by atoms with Crippen LogP contribution in [0.4, 0.5) is 0 Å². The van der Waals surface area contributed by atoms with Gasteiger partial charge in [-0.05, 0) is 48.4 Å². The van der Waals surface area contributed by atoms with Crippen molar-refractivity contribution in [3.05, 3.63) is 90.0 Å². The van der Waals surface area contributed by atoms with Crippen LogP contribution in [0.2, 0.25) is 0 Å². The maximum Gasteiger partial charge on any atom is 0.0702 e. The van der Waals surface area contributed by atoms with Gasteiger partial charge in [0.1, 0.15) is 0 Å². The Morgan fingerprint density at radius 2 is 1.46 bits per heavy atom. The van der Waals surface area contributed by atoms with Crippen LogP contribution < -0.4 is 5.90 Å². The molecule has 0 saturated heterocycles. The Balaban J connectivity index is 0.00000280. The molecule has 147 valence electrons. The summed E-state index contributed by atoms with van der Waals surface area (Å²) in [5.41, 5.74) is 3.36. The minimum Gasteiger partial charge on any atom is -0.291 e. The number of pyridine rings is 2. The standard InChI is InChI=1S/C20H22N4O2S.Re/c21-25-26-27-20-9-7-17(8-10-20)11-14-24(15-18-5-1-3-12-22-18)16-19-6-2-4-13-23-19;/h1-10,12-13H,11,14-16,21H2;. The second-order valence-electron chi connectivity index (χ2n) is 5.99. The molecule has 0 fully saturated rings. The van der Waals surface area contributed by atoms with Crippen molar-refractivity contribution in [1.29, 1.82) is 0 Å². The van der Waals surface area contributed by atoms with Gasteiger partial charge >= 0.3 is 0 Å². The number of hydrogen-bond acceptors (Lipinski definition) is 7. The fraction of sp³-hybridized carbons (Fsp3) is 0.200. The molecule has 0 aliphatic heterocycles. The topological polar surface area (TPSA) is 73.5 Å². The minimum atomic E-state index is 0. The minimum absolute atomic E-state index is 0. The molecule has 2 heterocycles. The average Bonchev–Trinajstić information content (AvgIpc) is 2.73. The van der Waals surface area contributed by atoms with Crippen LogP contribution in [0.25, 0.3) is 0 Å². The molecule has 1 aromatic carbocycles. The van der Waals surface area contributed by atoms with Gasteiger partial charge in [-0.3, -0.25) is 14.9 Å². The first kappa shape index (κ1) is 22.7. The summed E-state index contributed by atoms with van der Waals surface area (Å²) in [6, 6.07) is 20.2. The molecule has 0 spiro atoms. The molecule has 2 N–H and O–H groups in total. The fourth-order valence-electron chi connectivity index (χ4n) is 2.71. The number of rotatable bonds is 10. The molecule has 0 bridgehead atoms. The van der Waals surface area contributed by atoms with E-state index in [-0.39, 0.29) is 20.4 Å². The number of hydrogen-bond donors (Lipinski definition) is 1. The fourth-order valence-corrected chi connectivity index (χ4v) is 3.08. The summed E-state index contributed by atoms with van der Waals surface area (Å²) >= 11 is 1.08. The number of nitrogens with two attached hydrogens (primary N) is 1. The van der Waals surface area contributed by atoms with E-state index >= 15 is 0 Å². The van der Waals surface area contributed by atoms with Crippen LogP contribution in [0, 0.1) is 0 Å². The predicted molar refractivity (Wildman–Crippen MR) is 105 cm³/mol. The van der Waals surface area contributed by atoms with Gasteiger partial charge in [0.15, 0.2) is 0 Å². The summed E-state index contributed by atoms with van der Waals surface area (Å²) in [7, 11) is 0. The summed E-state index contributed by atoms with van der Waals surface area (Å²) in [4.78, 5) is 16.3. The van der Waals surface area contributed by atoms with Gasteiger partial charge in [-0.2, -0.15) is 5.90 Å². The predicted octanol–water partition coefficient (Wildman–Crippen LogP) is 3.55. The molecule has 0 atom stereocenters. The van der Waals surface area contributed by atoms with Crippen molar-refractivity contribution >= 4 is 12.0 Å². The van der Waals surface area contributed by atoms with Crippen LogP contribution in [-0.2, 0) is 49.3 Å². The summed E-state index contributed by atoms with van der Waals surface area (Å²) in [5, 5.41) is 0. The van der Waals surface area contributed by atoms with Gasteiger partial charge in [0, 0.05) is 57.3 Å². The van der Waals surface area contributed by atoms with E-state index < -0.39 is 0 Å². The molecule has 28 heavy (non-hydrogen) atoms. The third-order valence-corrected chi connectivity index (χ3v) is 4.64. The van der Waals surface area contributed by atoms with E-state index in [0.29, 0.717) is 0 Å². The zero-order valence-electron chi connectivity index (χ0n) is 15.3. The Hall–Kier alpha value is -1.63. The van der Waals surface area contributed by atoms with Crippen LogP contribution >= 0.6 is 12.0 Å². The van der Waals surface area contributed by atoms with Crippen LogP contribution in [0.15, 0.2) is 78.0 Å². The normalized spacial score (nSPS) is 10.6.